The van der Waals surface area contributed by atoms with Crippen LogP contribution in [-0.4, -0.2) is 19.7 Å². The normalized spacial score (nSPS) is 11.3. The summed E-state index contributed by atoms with van der Waals surface area (Å²) >= 11 is 1.44. The maximum Gasteiger partial charge on any atom is 0.200 e. The molecule has 3 heterocycles. The Morgan fingerprint density at radius 1 is 1.28 bits per heavy atom. The van der Waals surface area contributed by atoms with Gasteiger partial charge in [0.2, 0.25) is 0 Å². The lowest BCUT2D eigenvalue weighted by atomic mass is 10.2. The van der Waals surface area contributed by atoms with Crippen molar-refractivity contribution in [1.29, 1.82) is 0 Å². The number of benzene rings is 1. The zero-order chi connectivity index (χ0) is 17.4. The molecule has 0 unspecified atom stereocenters. The molecule has 25 heavy (non-hydrogen) atoms. The number of aromatic nitrogens is 4. The average molecular weight is 356 g/mol. The number of fused-ring (bicyclic) bond motifs is 1. The average Bonchev–Trinajstić information content (AvgIpc) is 3.23. The first-order valence-corrected chi connectivity index (χ1v) is 8.48. The van der Waals surface area contributed by atoms with Crippen molar-refractivity contribution in [2.24, 2.45) is 7.05 Å². The van der Waals surface area contributed by atoms with Gasteiger partial charge in [-0.2, -0.15) is 0 Å². The lowest BCUT2D eigenvalue weighted by Gasteiger charge is -2.05. The van der Waals surface area contributed by atoms with E-state index in [0.717, 1.165) is 5.69 Å². The molecule has 6 nitrogen and oxygen atoms in total. The Balaban J connectivity index is 1.59. The van der Waals surface area contributed by atoms with Crippen LogP contribution in [0, 0.1) is 5.82 Å². The number of hydrogen-bond acceptors (Lipinski definition) is 5. The minimum Gasteiger partial charge on any atom is -0.461 e. The Bertz CT molecular complexity index is 1100. The fraction of sp³-hybridized carbons (Fsp3) is 0.118. The van der Waals surface area contributed by atoms with Gasteiger partial charge in [-0.15, -0.1) is 10.2 Å². The first-order chi connectivity index (χ1) is 12.1. The summed E-state index contributed by atoms with van der Waals surface area (Å²) in [6.45, 7) is 0. The number of furan rings is 1. The molecule has 0 aliphatic carbocycles. The van der Waals surface area contributed by atoms with Crippen LogP contribution in [-0.2, 0) is 12.8 Å². The third-order valence-electron chi connectivity index (χ3n) is 3.78. The third kappa shape index (κ3) is 2.96. The van der Waals surface area contributed by atoms with E-state index in [1.165, 1.54) is 30.0 Å². The van der Waals surface area contributed by atoms with Crippen molar-refractivity contribution in [2.75, 3.05) is 0 Å². The molecule has 0 radical (unpaired) electrons. The lowest BCUT2D eigenvalue weighted by Crippen LogP contribution is -2.05. The van der Waals surface area contributed by atoms with Crippen molar-refractivity contribution in [3.63, 3.8) is 0 Å². The van der Waals surface area contributed by atoms with Crippen LogP contribution in [0.3, 0.4) is 0 Å². The van der Waals surface area contributed by atoms with E-state index in [-0.39, 0.29) is 5.43 Å². The first kappa shape index (κ1) is 15.6. The molecule has 0 saturated carbocycles. The zero-order valence-corrected chi connectivity index (χ0v) is 14.0. The molecule has 4 rings (SSSR count). The molecule has 3 aromatic heterocycles. The Morgan fingerprint density at radius 2 is 2.16 bits per heavy atom. The van der Waals surface area contributed by atoms with Crippen LogP contribution in [0.4, 0.5) is 4.39 Å². The van der Waals surface area contributed by atoms with E-state index >= 15 is 0 Å². The molecule has 0 fully saturated rings. The van der Waals surface area contributed by atoms with Crippen molar-refractivity contribution in [1.82, 2.24) is 19.7 Å². The summed E-state index contributed by atoms with van der Waals surface area (Å²) in [5.74, 6) is 1.36. The highest BCUT2D eigenvalue weighted by molar-refractivity contribution is 7.98. The summed E-state index contributed by atoms with van der Waals surface area (Å²) in [7, 11) is 1.85. The lowest BCUT2D eigenvalue weighted by molar-refractivity contribution is 0.572. The summed E-state index contributed by atoms with van der Waals surface area (Å²) in [5, 5.41) is 9.33. The van der Waals surface area contributed by atoms with E-state index in [1.807, 2.05) is 17.7 Å². The van der Waals surface area contributed by atoms with Gasteiger partial charge in [0.15, 0.2) is 22.2 Å². The van der Waals surface area contributed by atoms with Crippen molar-refractivity contribution >= 4 is 22.7 Å². The molecule has 0 spiro atoms. The van der Waals surface area contributed by atoms with Gasteiger partial charge in [0, 0.05) is 35.5 Å². The standard InChI is InChI=1S/C17H13FN4O2S/c1-22-16(15-3-2-6-24-15)20-21-17(22)25-9-11-8-14(23)12-7-10(18)4-5-13(12)19-11/h2-8H,9H2,1H3,(H,19,23). The highest BCUT2D eigenvalue weighted by atomic mass is 32.2. The monoisotopic (exact) mass is 356 g/mol. The van der Waals surface area contributed by atoms with Gasteiger partial charge >= 0.3 is 0 Å². The number of pyridine rings is 1. The largest absolute Gasteiger partial charge is 0.461 e. The van der Waals surface area contributed by atoms with Crippen molar-refractivity contribution in [2.45, 2.75) is 10.9 Å². The van der Waals surface area contributed by atoms with E-state index in [1.54, 1.807) is 18.4 Å². The van der Waals surface area contributed by atoms with E-state index in [9.17, 15) is 9.18 Å². The fourth-order valence-electron chi connectivity index (χ4n) is 2.56. The van der Waals surface area contributed by atoms with Crippen LogP contribution in [0.5, 0.6) is 0 Å². The molecular formula is C17H13FN4O2S. The van der Waals surface area contributed by atoms with Gasteiger partial charge in [-0.1, -0.05) is 11.8 Å². The molecule has 0 aliphatic heterocycles. The highest BCUT2D eigenvalue weighted by Crippen LogP contribution is 2.25. The minimum absolute atomic E-state index is 0.210. The smallest absolute Gasteiger partial charge is 0.200 e. The number of halogens is 1. The predicted octanol–water partition coefficient (Wildman–Crippen LogP) is 3.35. The Morgan fingerprint density at radius 3 is 2.96 bits per heavy atom. The quantitative estimate of drug-likeness (QED) is 0.568. The summed E-state index contributed by atoms with van der Waals surface area (Å²) in [6, 6.07) is 9.23. The van der Waals surface area contributed by atoms with Crippen LogP contribution >= 0.6 is 11.8 Å². The zero-order valence-electron chi connectivity index (χ0n) is 13.2. The number of hydrogen-bond donors (Lipinski definition) is 1. The second kappa shape index (κ2) is 6.21. The van der Waals surface area contributed by atoms with Gasteiger partial charge in [0.1, 0.15) is 5.82 Å². The Labute approximate surface area is 145 Å². The molecule has 1 aromatic carbocycles. The molecule has 4 aromatic rings. The Hall–Kier alpha value is -2.87. The van der Waals surface area contributed by atoms with Crippen LogP contribution in [0.1, 0.15) is 5.69 Å². The molecule has 126 valence electrons. The van der Waals surface area contributed by atoms with E-state index in [2.05, 4.69) is 15.2 Å². The number of aromatic amines is 1. The van der Waals surface area contributed by atoms with Crippen LogP contribution in [0.15, 0.2) is 57.0 Å². The number of nitrogens with zero attached hydrogens (tertiary/aromatic N) is 3. The summed E-state index contributed by atoms with van der Waals surface area (Å²) in [5.41, 5.74) is 1.13. The van der Waals surface area contributed by atoms with Crippen LogP contribution in [0.25, 0.3) is 22.5 Å². The molecule has 0 aliphatic rings. The van der Waals surface area contributed by atoms with Gasteiger partial charge in [0.25, 0.3) is 0 Å². The Kier molecular flexibility index (Phi) is 3.89. The van der Waals surface area contributed by atoms with Gasteiger partial charge in [-0.25, -0.2) is 4.39 Å². The van der Waals surface area contributed by atoms with Crippen LogP contribution < -0.4 is 5.43 Å². The van der Waals surface area contributed by atoms with Crippen molar-refractivity contribution in [3.8, 4) is 11.6 Å². The van der Waals surface area contributed by atoms with E-state index in [0.29, 0.717) is 33.4 Å². The number of rotatable bonds is 4. The van der Waals surface area contributed by atoms with Gasteiger partial charge in [-0.05, 0) is 30.3 Å². The summed E-state index contributed by atoms with van der Waals surface area (Å²) in [6.07, 6.45) is 1.58. The maximum absolute atomic E-state index is 13.3. The van der Waals surface area contributed by atoms with Crippen molar-refractivity contribution in [3.05, 3.63) is 64.4 Å². The molecule has 0 bridgehead atoms. The SMILES string of the molecule is Cn1c(SCc2cc(=O)c3cc(F)ccc3[nH]2)nnc1-c1ccco1. The number of thioether (sulfide) groups is 1. The molecule has 0 atom stereocenters. The molecule has 0 saturated heterocycles. The topological polar surface area (TPSA) is 76.7 Å². The predicted molar refractivity (Wildman–Crippen MR) is 92.8 cm³/mol. The molecule has 0 amide bonds. The van der Waals surface area contributed by atoms with Gasteiger partial charge < -0.3 is 14.0 Å². The molecule has 8 heteroatoms. The number of nitrogens with one attached hydrogen (secondary N) is 1. The summed E-state index contributed by atoms with van der Waals surface area (Å²) < 4.78 is 20.4. The first-order valence-electron chi connectivity index (χ1n) is 7.49. The van der Waals surface area contributed by atoms with E-state index in [4.69, 9.17) is 4.42 Å². The highest BCUT2D eigenvalue weighted by Gasteiger charge is 2.13. The van der Waals surface area contributed by atoms with Crippen molar-refractivity contribution < 1.29 is 8.81 Å². The second-order valence-electron chi connectivity index (χ2n) is 5.48. The maximum atomic E-state index is 13.3. The second-order valence-corrected chi connectivity index (χ2v) is 6.42. The fourth-order valence-corrected chi connectivity index (χ4v) is 3.37. The summed E-state index contributed by atoms with van der Waals surface area (Å²) in [4.78, 5) is 15.3. The number of H-pyrrole nitrogens is 1. The minimum atomic E-state index is -0.426. The molecule has 1 N–H and O–H groups in total. The van der Waals surface area contributed by atoms with Gasteiger partial charge in [-0.3, -0.25) is 4.79 Å². The van der Waals surface area contributed by atoms with Gasteiger partial charge in [0.05, 0.1) is 6.26 Å². The third-order valence-corrected chi connectivity index (χ3v) is 4.85. The van der Waals surface area contributed by atoms with E-state index < -0.39 is 5.82 Å². The van der Waals surface area contributed by atoms with Crippen LogP contribution in [0.2, 0.25) is 0 Å². The molecular weight excluding hydrogens is 343 g/mol.